The first-order chi connectivity index (χ1) is 43.7. The Balaban J connectivity index is 1.35. The summed E-state index contributed by atoms with van der Waals surface area (Å²) < 4.78 is 73.5. The van der Waals surface area contributed by atoms with Gasteiger partial charge in [-0.25, -0.2) is 4.79 Å². The molecule has 0 spiro atoms. The van der Waals surface area contributed by atoms with Crippen molar-refractivity contribution in [2.24, 2.45) is 23.7 Å². The average Bonchev–Trinajstić information content (AvgIpc) is 1.08. The Kier molecular flexibility index (Phi) is 28.1. The van der Waals surface area contributed by atoms with Gasteiger partial charge in [0.2, 0.25) is 24.0 Å². The summed E-state index contributed by atoms with van der Waals surface area (Å²) in [7, 11) is 5.67. The van der Waals surface area contributed by atoms with Crippen molar-refractivity contribution in [2.75, 3.05) is 62.7 Å². The van der Waals surface area contributed by atoms with Crippen molar-refractivity contribution in [3.05, 3.63) is 77.4 Å². The van der Waals surface area contributed by atoms with Crippen LogP contribution in [0.5, 0.6) is 28.7 Å². The van der Waals surface area contributed by atoms with Crippen molar-refractivity contribution in [2.45, 2.75) is 180 Å². The third-order valence-corrected chi connectivity index (χ3v) is 18.1. The van der Waals surface area contributed by atoms with E-state index in [2.05, 4.69) is 16.0 Å². The van der Waals surface area contributed by atoms with Gasteiger partial charge >= 0.3 is 16.4 Å². The standard InChI is InChI=1S/C65H98N6O21S/c1-17-38(8)54(50(87-15)32-52(73)70-27-21-24-45(70)59(88-16)39(9)60(77)67-44(64(81)82)28-40-22-19-18-20-23-40)69(10)63(80)53(35(2)3)68-62(79)55(36(4)5)71(11,12)33-43-47(85-13)30-42(31-48(43)86-14)91-93(83,84)92-49-29-41(61(78)66-37(6)7)25-26-46(49)89-65-58(76)57(75)56(74)51(34-72)90-65/h18-20,22-23,25-26,29-31,35-39,44-45,50-51,53-59,65,72,74-76H,17,21,24,27-28,32-34H2,1-16H3,(H3-,66,67,68,77,78,79,81,82)/p+1/t38?,39-,44?,45+,50-,51-,53+,54+,55+,56+,57+,58-,59-,65+/m1/s1. The molecule has 2 unspecified atom stereocenters. The molecule has 2 fully saturated rings. The predicted molar refractivity (Wildman–Crippen MR) is 340 cm³/mol. The van der Waals surface area contributed by atoms with Gasteiger partial charge in [0.05, 0.1) is 77.1 Å². The van der Waals surface area contributed by atoms with Gasteiger partial charge in [0.15, 0.2) is 23.3 Å². The molecule has 3 aromatic carbocycles. The molecule has 27 nitrogen and oxygen atoms in total. The van der Waals surface area contributed by atoms with E-state index in [0.29, 0.717) is 31.4 Å². The number of hydrogen-bond acceptors (Lipinski definition) is 20. The second-order valence-electron chi connectivity index (χ2n) is 25.5. The number of likely N-dealkylation sites (tertiary alicyclic amines) is 1. The van der Waals surface area contributed by atoms with Crippen LogP contribution in [0.1, 0.15) is 109 Å². The van der Waals surface area contributed by atoms with Gasteiger partial charge in [0.25, 0.3) is 11.8 Å². The van der Waals surface area contributed by atoms with E-state index in [9.17, 15) is 57.9 Å². The lowest BCUT2D eigenvalue weighted by molar-refractivity contribution is -0.922. The molecule has 8 N–H and O–H groups in total. The van der Waals surface area contributed by atoms with Crippen molar-refractivity contribution in [1.29, 1.82) is 0 Å². The number of aliphatic hydroxyl groups is 4. The Hall–Kier alpha value is -6.89. The maximum absolute atomic E-state index is 15.1. The summed E-state index contributed by atoms with van der Waals surface area (Å²) in [5, 5.41) is 59.7. The molecule has 2 saturated heterocycles. The third-order valence-electron chi connectivity index (χ3n) is 17.3. The Labute approximate surface area is 546 Å². The maximum atomic E-state index is 15.1. The lowest BCUT2D eigenvalue weighted by atomic mass is 9.89. The number of nitrogens with zero attached hydrogens (tertiary/aromatic N) is 3. The number of carboxylic acid groups (broad SMARTS) is 1. The number of methoxy groups -OCH3 is 4. The SMILES string of the molecule is CCC(C)[C@@H]([C@@H](CC(=O)N1CCC[C@H]1[C@H](OC)[C@@H](C)C(=O)NC(Cc1ccccc1)C(=O)O)OC)N(C)C(=O)[C@@H](NC(=O)[C@H](C(C)C)[N+](C)(C)Cc1c(OC)cc(OS(=O)(=O)Oc2cc(C(=O)NC(C)C)ccc2O[C@H]2O[C@H](CO)[C@H](O)[C@H](O)[C@H]2O)cc1OC)C(C)C. The van der Waals surface area contributed by atoms with Crippen LogP contribution >= 0.6 is 0 Å². The molecule has 0 bridgehead atoms. The normalized spacial score (nSPS) is 21.1. The van der Waals surface area contributed by atoms with Crippen LogP contribution in [0.2, 0.25) is 0 Å². The highest BCUT2D eigenvalue weighted by molar-refractivity contribution is 7.82. The molecule has 0 aromatic heterocycles. The van der Waals surface area contributed by atoms with Gasteiger partial charge in [-0.05, 0) is 62.3 Å². The number of amides is 5. The molecule has 0 saturated carbocycles. The van der Waals surface area contributed by atoms with Crippen LogP contribution in [0.15, 0.2) is 60.7 Å². The van der Waals surface area contributed by atoms with E-state index >= 15 is 4.79 Å². The summed E-state index contributed by atoms with van der Waals surface area (Å²) in [6.45, 7) is 16.0. The highest BCUT2D eigenvalue weighted by Crippen LogP contribution is 2.40. The number of quaternary nitrogens is 1. The number of aliphatic hydroxyl groups excluding tert-OH is 4. The van der Waals surface area contributed by atoms with Gasteiger partial charge in [-0.1, -0.05) is 85.2 Å². The first-order valence-corrected chi connectivity index (χ1v) is 32.7. The summed E-state index contributed by atoms with van der Waals surface area (Å²) in [6.07, 6.45) is -8.57. The largest absolute Gasteiger partial charge is 0.501 e. The molecular weight excluding hydrogens is 1230 g/mol. The second kappa shape index (κ2) is 34.0. The first kappa shape index (κ1) is 76.8. The molecule has 93 heavy (non-hydrogen) atoms. The molecule has 0 aliphatic carbocycles. The van der Waals surface area contributed by atoms with Gasteiger partial charge in [0.1, 0.15) is 54.5 Å². The number of carboxylic acids is 1. The number of ether oxygens (including phenoxy) is 6. The zero-order valence-corrected chi connectivity index (χ0v) is 57.1. The average molecular weight is 1330 g/mol. The van der Waals surface area contributed by atoms with E-state index in [1.54, 1.807) is 76.0 Å². The Bertz CT molecular complexity index is 3090. The fourth-order valence-electron chi connectivity index (χ4n) is 12.4. The first-order valence-electron chi connectivity index (χ1n) is 31.3. The quantitative estimate of drug-likeness (QED) is 0.0398. The van der Waals surface area contributed by atoms with Crippen molar-refractivity contribution in [3.63, 3.8) is 0 Å². The summed E-state index contributed by atoms with van der Waals surface area (Å²) >= 11 is 0. The van der Waals surface area contributed by atoms with Gasteiger partial charge in [-0.3, -0.25) is 24.0 Å². The zero-order chi connectivity index (χ0) is 69.6. The molecule has 5 amide bonds. The molecule has 14 atom stereocenters. The maximum Gasteiger partial charge on any atom is 0.501 e. The monoisotopic (exact) mass is 1330 g/mol. The lowest BCUT2D eigenvalue weighted by Gasteiger charge is -2.42. The van der Waals surface area contributed by atoms with Crippen molar-refractivity contribution in [3.8, 4) is 28.7 Å². The Morgan fingerprint density at radius 2 is 1.41 bits per heavy atom. The van der Waals surface area contributed by atoms with Crippen LogP contribution in [0.25, 0.3) is 0 Å². The van der Waals surface area contributed by atoms with E-state index in [0.717, 1.165) is 17.7 Å². The number of aliphatic carboxylic acids is 1. The van der Waals surface area contributed by atoms with E-state index in [1.165, 1.54) is 46.6 Å². The summed E-state index contributed by atoms with van der Waals surface area (Å²) in [6, 6.07) is 10.3. The Morgan fingerprint density at radius 1 is 0.774 bits per heavy atom. The van der Waals surface area contributed by atoms with Gasteiger partial charge in [0, 0.05) is 63.9 Å². The smallest absolute Gasteiger partial charge is 0.496 e. The number of carbonyl (C=O) groups is 6. The van der Waals surface area contributed by atoms with Crippen LogP contribution in [0.4, 0.5) is 0 Å². The fraction of sp³-hybridized carbons (Fsp3) is 0.631. The molecule has 2 heterocycles. The lowest BCUT2D eigenvalue weighted by Crippen LogP contribution is -2.63. The zero-order valence-electron chi connectivity index (χ0n) is 56.3. The number of nitrogens with one attached hydrogen (secondary N) is 3. The summed E-state index contributed by atoms with van der Waals surface area (Å²) in [5.74, 6) is -6.60. The summed E-state index contributed by atoms with van der Waals surface area (Å²) in [5.41, 5.74) is 1.05. The number of likely N-dealkylation sites (N-methyl/N-ethyl adjacent to an activating group) is 2. The van der Waals surface area contributed by atoms with E-state index in [1.807, 2.05) is 47.6 Å². The van der Waals surface area contributed by atoms with Crippen LogP contribution in [0.3, 0.4) is 0 Å². The minimum Gasteiger partial charge on any atom is -0.496 e. The minimum atomic E-state index is -5.18. The number of rotatable bonds is 34. The van der Waals surface area contributed by atoms with Crippen LogP contribution in [-0.4, -0.2) is 226 Å². The van der Waals surface area contributed by atoms with Crippen LogP contribution < -0.4 is 38.5 Å². The number of carbonyl (C=O) groups excluding carboxylic acids is 5. The predicted octanol–water partition coefficient (Wildman–Crippen LogP) is 3.20. The number of benzene rings is 3. The molecule has 2 aliphatic heterocycles. The summed E-state index contributed by atoms with van der Waals surface area (Å²) in [4.78, 5) is 87.0. The number of hydrogen-bond donors (Lipinski definition) is 8. The van der Waals surface area contributed by atoms with Crippen molar-refractivity contribution < 1.29 is 104 Å². The molecule has 28 heteroatoms. The molecular formula is C65H99N6O21S+. The Morgan fingerprint density at radius 3 is 1.95 bits per heavy atom. The topological polar surface area (TPSA) is 354 Å². The van der Waals surface area contributed by atoms with Crippen molar-refractivity contribution >= 4 is 45.9 Å². The fourth-order valence-corrected chi connectivity index (χ4v) is 13.1. The van der Waals surface area contributed by atoms with E-state index in [-0.39, 0.29) is 70.5 Å². The van der Waals surface area contributed by atoms with Gasteiger partial charge in [-0.2, -0.15) is 0 Å². The second-order valence-corrected chi connectivity index (χ2v) is 26.7. The van der Waals surface area contributed by atoms with Gasteiger partial charge < -0.3 is 92.6 Å². The van der Waals surface area contributed by atoms with Crippen molar-refractivity contribution in [1.82, 2.24) is 25.8 Å². The third kappa shape index (κ3) is 19.6. The minimum absolute atomic E-state index is 0.0327. The molecule has 520 valence electrons. The molecule has 0 radical (unpaired) electrons. The van der Waals surface area contributed by atoms with E-state index in [4.69, 9.17) is 36.8 Å². The molecule has 5 rings (SSSR count). The van der Waals surface area contributed by atoms with E-state index < -0.39 is 143 Å². The highest BCUT2D eigenvalue weighted by atomic mass is 32.3. The highest BCUT2D eigenvalue weighted by Gasteiger charge is 2.47. The van der Waals surface area contributed by atoms with Crippen LogP contribution in [0, 0.1) is 23.7 Å². The van der Waals surface area contributed by atoms with Gasteiger partial charge in [-0.15, -0.1) is 8.42 Å². The molecule has 3 aromatic rings. The molecule has 2 aliphatic rings. The van der Waals surface area contributed by atoms with Crippen LogP contribution in [-0.2, 0) is 61.5 Å².